The van der Waals surface area contributed by atoms with Crippen LogP contribution < -0.4 is 0 Å². The summed E-state index contributed by atoms with van der Waals surface area (Å²) >= 11 is 3.37. The topological polar surface area (TPSA) is 27.0 Å². The lowest BCUT2D eigenvalue weighted by Gasteiger charge is -2.12. The summed E-state index contributed by atoms with van der Waals surface area (Å²) in [7, 11) is 0. The molecule has 13 heavy (non-hydrogen) atoms. The molecule has 2 nitrogen and oxygen atoms in total. The SMILES string of the molecule is CCN(C#N)Cc1ccc(Br)cc1. The third-order valence-corrected chi connectivity index (χ3v) is 2.34. The van der Waals surface area contributed by atoms with Crippen LogP contribution in [0.25, 0.3) is 0 Å². The molecule has 0 aliphatic heterocycles. The fraction of sp³-hybridized carbons (Fsp3) is 0.300. The Kier molecular flexibility index (Phi) is 3.78. The normalized spacial score (nSPS) is 9.31. The molecule has 1 aromatic rings. The molecule has 0 amide bonds. The van der Waals surface area contributed by atoms with Crippen molar-refractivity contribution in [2.45, 2.75) is 13.5 Å². The lowest BCUT2D eigenvalue weighted by Crippen LogP contribution is -2.15. The third-order valence-electron chi connectivity index (χ3n) is 1.81. The van der Waals surface area contributed by atoms with Gasteiger partial charge < -0.3 is 4.90 Å². The molecule has 0 aliphatic carbocycles. The number of hydrogen-bond acceptors (Lipinski definition) is 2. The van der Waals surface area contributed by atoms with Crippen molar-refractivity contribution >= 4 is 15.9 Å². The van der Waals surface area contributed by atoms with Gasteiger partial charge >= 0.3 is 0 Å². The summed E-state index contributed by atoms with van der Waals surface area (Å²) < 4.78 is 1.07. The molecule has 0 aromatic heterocycles. The smallest absolute Gasteiger partial charge is 0.179 e. The predicted molar refractivity (Wildman–Crippen MR) is 55.8 cm³/mol. The van der Waals surface area contributed by atoms with Gasteiger partial charge in [-0.1, -0.05) is 28.1 Å². The fourth-order valence-corrected chi connectivity index (χ4v) is 1.29. The number of benzene rings is 1. The van der Waals surface area contributed by atoms with Gasteiger partial charge in [0, 0.05) is 11.0 Å². The third kappa shape index (κ3) is 3.08. The van der Waals surface area contributed by atoms with E-state index < -0.39 is 0 Å². The average molecular weight is 239 g/mol. The Bertz CT molecular complexity index is 300. The van der Waals surface area contributed by atoms with Crippen LogP contribution in [0.2, 0.25) is 0 Å². The van der Waals surface area contributed by atoms with Crippen LogP contribution in [0.1, 0.15) is 12.5 Å². The van der Waals surface area contributed by atoms with E-state index in [2.05, 4.69) is 22.1 Å². The van der Waals surface area contributed by atoms with Crippen LogP contribution in [0.5, 0.6) is 0 Å². The van der Waals surface area contributed by atoms with E-state index in [-0.39, 0.29) is 0 Å². The summed E-state index contributed by atoms with van der Waals surface area (Å²) in [5.41, 5.74) is 1.16. The molecular weight excluding hydrogens is 228 g/mol. The number of halogens is 1. The molecule has 1 rings (SSSR count). The first-order chi connectivity index (χ1) is 6.26. The van der Waals surface area contributed by atoms with Gasteiger partial charge in [-0.05, 0) is 24.6 Å². The van der Waals surface area contributed by atoms with Crippen LogP contribution in [0.3, 0.4) is 0 Å². The van der Waals surface area contributed by atoms with Crippen molar-refractivity contribution in [3.63, 3.8) is 0 Å². The van der Waals surface area contributed by atoms with E-state index in [0.717, 1.165) is 16.6 Å². The lowest BCUT2D eigenvalue weighted by molar-refractivity contribution is 0.407. The number of nitriles is 1. The summed E-state index contributed by atoms with van der Waals surface area (Å²) in [5.74, 6) is 0. The van der Waals surface area contributed by atoms with Crippen molar-refractivity contribution in [2.75, 3.05) is 6.54 Å². The van der Waals surface area contributed by atoms with Gasteiger partial charge in [-0.2, -0.15) is 5.26 Å². The second-order valence-electron chi connectivity index (χ2n) is 2.74. The van der Waals surface area contributed by atoms with Crippen LogP contribution in [-0.2, 0) is 6.54 Å². The zero-order chi connectivity index (χ0) is 9.68. The maximum atomic E-state index is 8.71. The number of nitrogens with zero attached hydrogens (tertiary/aromatic N) is 2. The quantitative estimate of drug-likeness (QED) is 0.599. The number of rotatable bonds is 3. The maximum absolute atomic E-state index is 8.71. The minimum Gasteiger partial charge on any atom is -0.307 e. The lowest BCUT2D eigenvalue weighted by atomic mass is 10.2. The van der Waals surface area contributed by atoms with E-state index in [1.54, 1.807) is 4.90 Å². The second kappa shape index (κ2) is 4.88. The van der Waals surface area contributed by atoms with Gasteiger partial charge in [0.1, 0.15) is 0 Å². The van der Waals surface area contributed by atoms with E-state index in [4.69, 9.17) is 5.26 Å². The van der Waals surface area contributed by atoms with Crippen molar-refractivity contribution in [1.82, 2.24) is 4.90 Å². The largest absolute Gasteiger partial charge is 0.307 e. The monoisotopic (exact) mass is 238 g/mol. The molecule has 0 atom stereocenters. The molecular formula is C10H11BrN2. The van der Waals surface area contributed by atoms with E-state index in [1.165, 1.54) is 0 Å². The molecule has 0 saturated carbocycles. The van der Waals surface area contributed by atoms with Crippen molar-refractivity contribution < 1.29 is 0 Å². The van der Waals surface area contributed by atoms with Crippen molar-refractivity contribution in [3.05, 3.63) is 34.3 Å². The van der Waals surface area contributed by atoms with Gasteiger partial charge in [0.25, 0.3) is 0 Å². The first-order valence-electron chi connectivity index (χ1n) is 4.15. The van der Waals surface area contributed by atoms with E-state index >= 15 is 0 Å². The van der Waals surface area contributed by atoms with Crippen molar-refractivity contribution in [1.29, 1.82) is 5.26 Å². The molecule has 0 aliphatic rings. The van der Waals surface area contributed by atoms with Gasteiger partial charge in [-0.15, -0.1) is 0 Å². The minimum absolute atomic E-state index is 0.695. The second-order valence-corrected chi connectivity index (χ2v) is 3.66. The highest BCUT2D eigenvalue weighted by atomic mass is 79.9. The highest BCUT2D eigenvalue weighted by Gasteiger charge is 1.99. The maximum Gasteiger partial charge on any atom is 0.179 e. The molecule has 0 bridgehead atoms. The molecule has 0 heterocycles. The molecule has 0 N–H and O–H groups in total. The summed E-state index contributed by atoms with van der Waals surface area (Å²) in [6.07, 6.45) is 2.14. The van der Waals surface area contributed by atoms with Crippen molar-refractivity contribution in [3.8, 4) is 6.19 Å². The standard InChI is InChI=1S/C10H11BrN2/c1-2-13(8-12)7-9-3-5-10(11)6-4-9/h3-6H,2,7H2,1H3. The highest BCUT2D eigenvalue weighted by molar-refractivity contribution is 9.10. The molecule has 1 aromatic carbocycles. The average Bonchev–Trinajstić information content (AvgIpc) is 2.17. The molecule has 0 spiro atoms. The van der Waals surface area contributed by atoms with Gasteiger partial charge in [-0.25, -0.2) is 0 Å². The van der Waals surface area contributed by atoms with Crippen LogP contribution in [0.15, 0.2) is 28.7 Å². The summed E-state index contributed by atoms with van der Waals surface area (Å²) in [4.78, 5) is 1.71. The molecule has 0 saturated heterocycles. The Morgan fingerprint density at radius 2 is 2.00 bits per heavy atom. The molecule has 0 fully saturated rings. The Balaban J connectivity index is 2.64. The molecule has 0 radical (unpaired) electrons. The summed E-state index contributed by atoms with van der Waals surface area (Å²) in [5, 5.41) is 8.71. The van der Waals surface area contributed by atoms with Crippen LogP contribution >= 0.6 is 15.9 Å². The zero-order valence-electron chi connectivity index (χ0n) is 7.50. The van der Waals surface area contributed by atoms with Gasteiger partial charge in [-0.3, -0.25) is 0 Å². The van der Waals surface area contributed by atoms with E-state index in [9.17, 15) is 0 Å². The van der Waals surface area contributed by atoms with Crippen LogP contribution in [-0.4, -0.2) is 11.4 Å². The van der Waals surface area contributed by atoms with Gasteiger partial charge in [0.05, 0.1) is 6.54 Å². The van der Waals surface area contributed by atoms with Crippen LogP contribution in [0, 0.1) is 11.5 Å². The first kappa shape index (κ1) is 10.1. The zero-order valence-corrected chi connectivity index (χ0v) is 9.08. The Hall–Kier alpha value is -1.01. The van der Waals surface area contributed by atoms with E-state index in [0.29, 0.717) is 6.54 Å². The Labute approximate surface area is 86.9 Å². The summed E-state index contributed by atoms with van der Waals surface area (Å²) in [6, 6.07) is 8.01. The minimum atomic E-state index is 0.695. The highest BCUT2D eigenvalue weighted by Crippen LogP contribution is 2.11. The van der Waals surface area contributed by atoms with Crippen LogP contribution in [0.4, 0.5) is 0 Å². The Morgan fingerprint density at radius 3 is 2.46 bits per heavy atom. The molecule has 68 valence electrons. The van der Waals surface area contributed by atoms with E-state index in [1.807, 2.05) is 31.2 Å². The van der Waals surface area contributed by atoms with Gasteiger partial charge in [0.15, 0.2) is 6.19 Å². The van der Waals surface area contributed by atoms with Crippen molar-refractivity contribution in [2.24, 2.45) is 0 Å². The molecule has 0 unspecified atom stereocenters. The van der Waals surface area contributed by atoms with Gasteiger partial charge in [0.2, 0.25) is 0 Å². The molecule has 3 heteroatoms. The number of hydrogen-bond donors (Lipinski definition) is 0. The Morgan fingerprint density at radius 1 is 1.38 bits per heavy atom. The summed E-state index contributed by atoms with van der Waals surface area (Å²) in [6.45, 7) is 3.43. The fourth-order valence-electron chi connectivity index (χ4n) is 1.03. The predicted octanol–water partition coefficient (Wildman–Crippen LogP) is 2.75. The first-order valence-corrected chi connectivity index (χ1v) is 4.94.